The number of amides is 3. The summed E-state index contributed by atoms with van der Waals surface area (Å²) < 4.78 is 5.90. The number of fused-ring (bicyclic) bond motifs is 1. The van der Waals surface area contributed by atoms with Gasteiger partial charge in [-0.05, 0) is 61.4 Å². The van der Waals surface area contributed by atoms with Gasteiger partial charge in [-0.3, -0.25) is 24.2 Å². The van der Waals surface area contributed by atoms with E-state index in [0.29, 0.717) is 25.0 Å². The highest BCUT2D eigenvalue weighted by Crippen LogP contribution is 2.39. The molecular formula is C30H46N4O4. The van der Waals surface area contributed by atoms with Crippen molar-refractivity contribution >= 4 is 23.4 Å². The standard InChI is InChI=1S/C30H46N4O4/c1-7-13-32-14-16-33(17-15-32)22-10-8-21(9-11-22)27(35)31-23(19-30(4,5)6)28(36)34-24-12-18-38-26(24)25(20(2)3)29(34)37/h8-11,20,23-26H,7,12-19H2,1-6H3,(H,31,35)/t23-,24-,25+,26-/m0/s1. The van der Waals surface area contributed by atoms with Gasteiger partial charge in [0.05, 0.1) is 18.1 Å². The monoisotopic (exact) mass is 526 g/mol. The van der Waals surface area contributed by atoms with Crippen LogP contribution in [0.5, 0.6) is 0 Å². The Bertz CT molecular complexity index is 995. The lowest BCUT2D eigenvalue weighted by Gasteiger charge is -2.36. The fourth-order valence-electron chi connectivity index (χ4n) is 6.21. The lowest BCUT2D eigenvalue weighted by atomic mass is 9.87. The van der Waals surface area contributed by atoms with Gasteiger partial charge in [-0.2, -0.15) is 0 Å². The van der Waals surface area contributed by atoms with Crippen LogP contribution in [-0.2, 0) is 14.3 Å². The molecule has 1 N–H and O–H groups in total. The Morgan fingerprint density at radius 1 is 1.08 bits per heavy atom. The number of nitrogens with zero attached hydrogens (tertiary/aromatic N) is 3. The van der Waals surface area contributed by atoms with Crippen LogP contribution >= 0.6 is 0 Å². The SMILES string of the molecule is CCCN1CCN(c2ccc(C(=O)N[C@@H](CC(C)(C)C)C(=O)N3C(=O)[C@H](C(C)C)[C@H]4OCC[C@@H]43)cc2)CC1. The van der Waals surface area contributed by atoms with Crippen LogP contribution in [0.3, 0.4) is 0 Å². The van der Waals surface area contributed by atoms with Crippen LogP contribution in [0, 0.1) is 17.3 Å². The average molecular weight is 527 g/mol. The molecule has 0 bridgehead atoms. The lowest BCUT2D eigenvalue weighted by molar-refractivity contribution is -0.147. The number of hydrogen-bond acceptors (Lipinski definition) is 6. The third-order valence-corrected chi connectivity index (χ3v) is 8.09. The number of ether oxygens (including phenoxy) is 1. The van der Waals surface area contributed by atoms with E-state index in [1.807, 2.05) is 58.9 Å². The molecule has 3 fully saturated rings. The van der Waals surface area contributed by atoms with Crippen LogP contribution in [0.1, 0.15) is 71.2 Å². The van der Waals surface area contributed by atoms with E-state index in [2.05, 4.69) is 22.0 Å². The number of nitrogens with one attached hydrogen (secondary N) is 1. The quantitative estimate of drug-likeness (QED) is 0.558. The summed E-state index contributed by atoms with van der Waals surface area (Å²) in [4.78, 5) is 46.8. The molecule has 3 heterocycles. The summed E-state index contributed by atoms with van der Waals surface area (Å²) in [6.45, 7) is 18.1. The smallest absolute Gasteiger partial charge is 0.252 e. The fourth-order valence-corrected chi connectivity index (χ4v) is 6.21. The topological polar surface area (TPSA) is 82.2 Å². The Balaban J connectivity index is 1.46. The maximum Gasteiger partial charge on any atom is 0.252 e. The predicted octanol–water partition coefficient (Wildman–Crippen LogP) is 3.55. The normalized spacial score (nSPS) is 25.1. The van der Waals surface area contributed by atoms with Crippen LogP contribution in [0.25, 0.3) is 0 Å². The van der Waals surface area contributed by atoms with E-state index in [-0.39, 0.29) is 47.1 Å². The second kappa shape index (κ2) is 11.7. The number of hydrogen-bond donors (Lipinski definition) is 1. The zero-order valence-electron chi connectivity index (χ0n) is 24.0. The minimum absolute atomic E-state index is 0.0784. The Hall–Kier alpha value is -2.45. The lowest BCUT2D eigenvalue weighted by Crippen LogP contribution is -2.53. The Labute approximate surface area is 228 Å². The van der Waals surface area contributed by atoms with Crippen molar-refractivity contribution in [3.05, 3.63) is 29.8 Å². The first-order valence-electron chi connectivity index (χ1n) is 14.4. The number of imide groups is 1. The molecule has 4 atom stereocenters. The van der Waals surface area contributed by atoms with Crippen LogP contribution in [0.4, 0.5) is 5.69 Å². The van der Waals surface area contributed by atoms with Gasteiger partial charge in [0.2, 0.25) is 5.91 Å². The Morgan fingerprint density at radius 2 is 1.74 bits per heavy atom. The Kier molecular flexibility index (Phi) is 8.82. The maximum atomic E-state index is 13.9. The summed E-state index contributed by atoms with van der Waals surface area (Å²) in [6, 6.07) is 6.60. The highest BCUT2D eigenvalue weighted by molar-refractivity contribution is 6.04. The number of piperazine rings is 1. The molecule has 0 aromatic heterocycles. The summed E-state index contributed by atoms with van der Waals surface area (Å²) in [6.07, 6.45) is 2.00. The van der Waals surface area contributed by atoms with Crippen molar-refractivity contribution in [1.82, 2.24) is 15.1 Å². The van der Waals surface area contributed by atoms with Crippen molar-refractivity contribution in [2.24, 2.45) is 17.3 Å². The van der Waals surface area contributed by atoms with E-state index < -0.39 is 6.04 Å². The first-order chi connectivity index (χ1) is 18.0. The number of anilines is 1. The van der Waals surface area contributed by atoms with Gasteiger partial charge in [0.25, 0.3) is 11.8 Å². The number of likely N-dealkylation sites (tertiary alicyclic amines) is 1. The molecule has 3 aliphatic heterocycles. The van der Waals surface area contributed by atoms with Crippen LogP contribution in [0.2, 0.25) is 0 Å². The van der Waals surface area contributed by atoms with Gasteiger partial charge in [-0.1, -0.05) is 41.5 Å². The number of benzene rings is 1. The van der Waals surface area contributed by atoms with E-state index >= 15 is 0 Å². The molecule has 0 radical (unpaired) electrons. The number of rotatable bonds is 8. The van der Waals surface area contributed by atoms with E-state index in [1.165, 1.54) is 11.3 Å². The third kappa shape index (κ3) is 6.23. The molecule has 1 aromatic carbocycles. The highest BCUT2D eigenvalue weighted by atomic mass is 16.5. The van der Waals surface area contributed by atoms with Crippen LogP contribution in [-0.4, -0.2) is 85.0 Å². The zero-order valence-corrected chi connectivity index (χ0v) is 24.0. The Morgan fingerprint density at radius 3 is 2.32 bits per heavy atom. The minimum atomic E-state index is -0.787. The highest BCUT2D eigenvalue weighted by Gasteiger charge is 2.55. The molecule has 3 amide bonds. The number of carbonyl (C=O) groups is 3. The molecule has 38 heavy (non-hydrogen) atoms. The van der Waals surface area contributed by atoms with E-state index in [4.69, 9.17) is 4.74 Å². The van der Waals surface area contributed by atoms with E-state index in [0.717, 1.165) is 38.4 Å². The van der Waals surface area contributed by atoms with E-state index in [9.17, 15) is 14.4 Å². The van der Waals surface area contributed by atoms with Gasteiger partial charge in [0.15, 0.2) is 0 Å². The molecule has 3 aliphatic rings. The van der Waals surface area contributed by atoms with Gasteiger partial charge in [-0.25, -0.2) is 0 Å². The largest absolute Gasteiger partial charge is 0.375 e. The predicted molar refractivity (Wildman–Crippen MR) is 149 cm³/mol. The van der Waals surface area contributed by atoms with Gasteiger partial charge < -0.3 is 15.0 Å². The number of carbonyl (C=O) groups excluding carboxylic acids is 3. The molecule has 0 unspecified atom stereocenters. The zero-order chi connectivity index (χ0) is 27.6. The first kappa shape index (κ1) is 28.6. The van der Waals surface area contributed by atoms with Crippen molar-refractivity contribution < 1.29 is 19.1 Å². The molecule has 8 nitrogen and oxygen atoms in total. The second-order valence-corrected chi connectivity index (χ2v) is 12.7. The molecule has 210 valence electrons. The van der Waals surface area contributed by atoms with Gasteiger partial charge >= 0.3 is 0 Å². The first-order valence-corrected chi connectivity index (χ1v) is 14.4. The van der Waals surface area contributed by atoms with Gasteiger partial charge in [-0.15, -0.1) is 0 Å². The van der Waals surface area contributed by atoms with Crippen LogP contribution in [0.15, 0.2) is 24.3 Å². The summed E-state index contributed by atoms with van der Waals surface area (Å²) in [5, 5.41) is 2.99. The molecule has 4 rings (SSSR count). The molecule has 0 saturated carbocycles. The van der Waals surface area contributed by atoms with Crippen molar-refractivity contribution in [3.8, 4) is 0 Å². The molecule has 8 heteroatoms. The minimum Gasteiger partial charge on any atom is -0.375 e. The molecule has 0 aliphatic carbocycles. The van der Waals surface area contributed by atoms with Gasteiger partial charge in [0, 0.05) is 44.0 Å². The molecule has 1 aromatic rings. The van der Waals surface area contributed by atoms with Crippen molar-refractivity contribution in [2.45, 2.75) is 79.0 Å². The van der Waals surface area contributed by atoms with Crippen molar-refractivity contribution in [3.63, 3.8) is 0 Å². The average Bonchev–Trinajstić information content (AvgIpc) is 3.42. The maximum absolute atomic E-state index is 13.9. The van der Waals surface area contributed by atoms with Crippen LogP contribution < -0.4 is 10.2 Å². The van der Waals surface area contributed by atoms with Crippen molar-refractivity contribution in [2.75, 3.05) is 44.2 Å². The van der Waals surface area contributed by atoms with Gasteiger partial charge in [0.1, 0.15) is 6.04 Å². The molecule has 0 spiro atoms. The second-order valence-electron chi connectivity index (χ2n) is 12.7. The summed E-state index contributed by atoms with van der Waals surface area (Å²) in [5.41, 5.74) is 1.40. The fraction of sp³-hybridized carbons (Fsp3) is 0.700. The van der Waals surface area contributed by atoms with E-state index in [1.54, 1.807) is 0 Å². The summed E-state index contributed by atoms with van der Waals surface area (Å²) in [7, 11) is 0. The summed E-state index contributed by atoms with van der Waals surface area (Å²) in [5.74, 6) is -1.03. The molecule has 3 saturated heterocycles. The third-order valence-electron chi connectivity index (χ3n) is 8.09. The molecular weight excluding hydrogens is 480 g/mol. The van der Waals surface area contributed by atoms with Crippen molar-refractivity contribution in [1.29, 1.82) is 0 Å². The summed E-state index contributed by atoms with van der Waals surface area (Å²) >= 11 is 0.